The van der Waals surface area contributed by atoms with Gasteiger partial charge in [-0.2, -0.15) is 18.3 Å². The van der Waals surface area contributed by atoms with Crippen LogP contribution in [0, 0.1) is 0 Å². The number of aryl methyl sites for hydroxylation is 1. The van der Waals surface area contributed by atoms with E-state index in [0.717, 1.165) is 17.3 Å². The third kappa shape index (κ3) is 5.51. The second-order valence-corrected chi connectivity index (χ2v) is 8.77. The normalized spacial score (nSPS) is 18.3. The average Bonchev–Trinajstić information content (AvgIpc) is 3.12. The number of nitrogens with one attached hydrogen (secondary N) is 2. The predicted molar refractivity (Wildman–Crippen MR) is 129 cm³/mol. The lowest BCUT2D eigenvalue weighted by atomic mass is 9.85. The molecular weight excluding hydrogens is 512 g/mol. The van der Waals surface area contributed by atoms with E-state index in [1.165, 1.54) is 6.07 Å². The van der Waals surface area contributed by atoms with Gasteiger partial charge < -0.3 is 10.6 Å². The Morgan fingerprint density at radius 2 is 1.85 bits per heavy atom. The Hall–Kier alpha value is -2.26. The van der Waals surface area contributed by atoms with Crippen molar-refractivity contribution >= 4 is 41.5 Å². The van der Waals surface area contributed by atoms with Crippen LogP contribution in [0.2, 0.25) is 10.0 Å². The van der Waals surface area contributed by atoms with Crippen LogP contribution in [0.1, 0.15) is 33.8 Å². The summed E-state index contributed by atoms with van der Waals surface area (Å²) in [6, 6.07) is 10.5. The molecule has 1 fully saturated rings. The zero-order valence-electron chi connectivity index (χ0n) is 18.0. The molecule has 182 valence electrons. The van der Waals surface area contributed by atoms with Crippen LogP contribution in [0.4, 0.5) is 13.2 Å². The molecule has 2 N–H and O–H groups in total. The number of benzene rings is 2. The Morgan fingerprint density at radius 1 is 1.15 bits per heavy atom. The molecule has 2 heterocycles. The summed E-state index contributed by atoms with van der Waals surface area (Å²) in [7, 11) is 1.78. The van der Waals surface area contributed by atoms with Gasteiger partial charge in [-0.05, 0) is 42.8 Å². The van der Waals surface area contributed by atoms with Gasteiger partial charge in [0.05, 0.1) is 27.5 Å². The fourth-order valence-electron chi connectivity index (χ4n) is 4.17. The number of rotatable bonds is 4. The Kier molecular flexibility index (Phi) is 8.18. The molecule has 0 aliphatic carbocycles. The molecule has 0 spiro atoms. The van der Waals surface area contributed by atoms with Crippen molar-refractivity contribution < 1.29 is 18.0 Å². The van der Waals surface area contributed by atoms with Gasteiger partial charge in [-0.15, -0.1) is 12.4 Å². The molecule has 0 bridgehead atoms. The summed E-state index contributed by atoms with van der Waals surface area (Å²) in [6.07, 6.45) is -2.41. The van der Waals surface area contributed by atoms with Crippen LogP contribution in [0.5, 0.6) is 0 Å². The Bertz CT molecular complexity index is 1150. The number of halogens is 6. The first-order valence-corrected chi connectivity index (χ1v) is 11.1. The van der Waals surface area contributed by atoms with Gasteiger partial charge in [0.1, 0.15) is 0 Å². The van der Waals surface area contributed by atoms with E-state index < -0.39 is 11.7 Å². The lowest BCUT2D eigenvalue weighted by molar-refractivity contribution is -0.137. The molecule has 1 aliphatic heterocycles. The van der Waals surface area contributed by atoms with Crippen LogP contribution in [-0.2, 0) is 13.2 Å². The van der Waals surface area contributed by atoms with Gasteiger partial charge in [-0.3, -0.25) is 9.48 Å². The minimum absolute atomic E-state index is 0. The highest BCUT2D eigenvalue weighted by Crippen LogP contribution is 2.38. The highest BCUT2D eigenvalue weighted by molar-refractivity contribution is 6.33. The van der Waals surface area contributed by atoms with E-state index >= 15 is 0 Å². The highest BCUT2D eigenvalue weighted by atomic mass is 35.5. The van der Waals surface area contributed by atoms with Gasteiger partial charge in [0.15, 0.2) is 0 Å². The fourth-order valence-corrected chi connectivity index (χ4v) is 4.67. The monoisotopic (exact) mass is 532 g/mol. The first-order valence-electron chi connectivity index (χ1n) is 10.3. The Balaban J connectivity index is 0.00000324. The van der Waals surface area contributed by atoms with Crippen molar-refractivity contribution in [2.45, 2.75) is 24.6 Å². The highest BCUT2D eigenvalue weighted by Gasteiger charge is 2.35. The summed E-state index contributed by atoms with van der Waals surface area (Å²) >= 11 is 12.0. The first kappa shape index (κ1) is 26.3. The molecule has 0 saturated carbocycles. The van der Waals surface area contributed by atoms with Gasteiger partial charge in [-0.1, -0.05) is 41.4 Å². The average molecular weight is 534 g/mol. The maximum Gasteiger partial charge on any atom is 0.417 e. The quantitative estimate of drug-likeness (QED) is 0.452. The van der Waals surface area contributed by atoms with E-state index in [2.05, 4.69) is 15.7 Å². The maximum absolute atomic E-state index is 13.3. The van der Waals surface area contributed by atoms with Crippen LogP contribution in [0.3, 0.4) is 0 Å². The summed E-state index contributed by atoms with van der Waals surface area (Å²) in [5.74, 6) is -0.581. The minimum Gasteiger partial charge on any atom is -0.347 e. The molecule has 3 aromatic rings. The SMILES string of the molecule is Cl.Cn1ncc(Cl)c1-c1ccc(C(=O)N[C@@H]2CNCC[C@H]2c2ccc(Cl)c(C(F)(F)F)c2)cc1. The van der Waals surface area contributed by atoms with E-state index in [0.29, 0.717) is 35.7 Å². The second-order valence-electron chi connectivity index (χ2n) is 7.96. The molecule has 1 saturated heterocycles. The number of piperidine rings is 1. The molecule has 2 atom stereocenters. The molecule has 0 unspecified atom stereocenters. The Morgan fingerprint density at radius 3 is 2.47 bits per heavy atom. The molecule has 34 heavy (non-hydrogen) atoms. The molecule has 5 nitrogen and oxygen atoms in total. The number of amides is 1. The predicted octanol–water partition coefficient (Wildman–Crippen LogP) is 5.71. The number of carbonyl (C=O) groups excluding carboxylic acids is 1. The van der Waals surface area contributed by atoms with Crippen LogP contribution in [0.25, 0.3) is 11.3 Å². The van der Waals surface area contributed by atoms with E-state index in [4.69, 9.17) is 23.2 Å². The standard InChI is InChI=1S/C23H21Cl2F3N4O.ClH/c1-32-21(19(25)11-30-32)13-2-4-14(5-3-13)22(33)31-20-12-29-9-8-16(20)15-6-7-18(24)17(10-15)23(26,27)28;/h2-7,10-11,16,20,29H,8-9,12H2,1H3,(H,31,33);1H/t16-,20+;/m0./s1. The minimum atomic E-state index is -4.54. The molecule has 1 aliphatic rings. The topological polar surface area (TPSA) is 59.0 Å². The van der Waals surface area contributed by atoms with Crippen molar-refractivity contribution in [2.75, 3.05) is 13.1 Å². The molecule has 1 amide bonds. The fraction of sp³-hybridized carbons (Fsp3) is 0.304. The summed E-state index contributed by atoms with van der Waals surface area (Å²) < 4.78 is 41.6. The van der Waals surface area contributed by atoms with E-state index in [-0.39, 0.29) is 35.3 Å². The van der Waals surface area contributed by atoms with Gasteiger partial charge in [-0.25, -0.2) is 0 Å². The molecule has 1 aromatic heterocycles. The van der Waals surface area contributed by atoms with Gasteiger partial charge in [0.25, 0.3) is 5.91 Å². The summed E-state index contributed by atoms with van der Waals surface area (Å²) in [5.41, 5.74) is 1.63. The third-order valence-electron chi connectivity index (χ3n) is 5.84. The van der Waals surface area contributed by atoms with Crippen molar-refractivity contribution in [2.24, 2.45) is 7.05 Å². The van der Waals surface area contributed by atoms with Gasteiger partial charge in [0, 0.05) is 36.7 Å². The zero-order chi connectivity index (χ0) is 23.8. The molecule has 11 heteroatoms. The number of hydrogen-bond acceptors (Lipinski definition) is 3. The van der Waals surface area contributed by atoms with Crippen molar-refractivity contribution in [3.05, 3.63) is 75.4 Å². The maximum atomic E-state index is 13.3. The zero-order valence-corrected chi connectivity index (χ0v) is 20.3. The number of hydrogen-bond donors (Lipinski definition) is 2. The van der Waals surface area contributed by atoms with Gasteiger partial charge in [0.2, 0.25) is 0 Å². The largest absolute Gasteiger partial charge is 0.417 e. The Labute approximate surface area is 211 Å². The third-order valence-corrected chi connectivity index (χ3v) is 6.44. The molecule has 4 rings (SSSR count). The lowest BCUT2D eigenvalue weighted by Crippen LogP contribution is -2.50. The number of aromatic nitrogens is 2. The van der Waals surface area contributed by atoms with Crippen LogP contribution < -0.4 is 10.6 Å². The van der Waals surface area contributed by atoms with E-state index in [9.17, 15) is 18.0 Å². The van der Waals surface area contributed by atoms with E-state index in [1.54, 1.807) is 48.3 Å². The summed E-state index contributed by atoms with van der Waals surface area (Å²) in [6.45, 7) is 1.09. The number of alkyl halides is 3. The molecule has 0 radical (unpaired) electrons. The van der Waals surface area contributed by atoms with Crippen LogP contribution in [0.15, 0.2) is 48.7 Å². The second kappa shape index (κ2) is 10.6. The van der Waals surface area contributed by atoms with Crippen molar-refractivity contribution in [1.29, 1.82) is 0 Å². The summed E-state index contributed by atoms with van der Waals surface area (Å²) in [5, 5.41) is 10.5. The van der Waals surface area contributed by atoms with E-state index in [1.807, 2.05) is 0 Å². The van der Waals surface area contributed by atoms with Crippen molar-refractivity contribution in [3.63, 3.8) is 0 Å². The lowest BCUT2D eigenvalue weighted by Gasteiger charge is -2.33. The molecular formula is C23H22Cl3F3N4O. The smallest absolute Gasteiger partial charge is 0.347 e. The van der Waals surface area contributed by atoms with Gasteiger partial charge >= 0.3 is 6.18 Å². The van der Waals surface area contributed by atoms with Crippen molar-refractivity contribution in [3.8, 4) is 11.3 Å². The van der Waals surface area contributed by atoms with Crippen molar-refractivity contribution in [1.82, 2.24) is 20.4 Å². The van der Waals surface area contributed by atoms with Crippen LogP contribution >= 0.6 is 35.6 Å². The first-order chi connectivity index (χ1) is 15.6. The van der Waals surface area contributed by atoms with Crippen LogP contribution in [-0.4, -0.2) is 34.8 Å². The number of nitrogens with zero attached hydrogens (tertiary/aromatic N) is 2. The summed E-state index contributed by atoms with van der Waals surface area (Å²) in [4.78, 5) is 12.9. The molecule has 2 aromatic carbocycles. The number of carbonyl (C=O) groups is 1.